The molecule has 3 aromatic rings. The summed E-state index contributed by atoms with van der Waals surface area (Å²) in [5.41, 5.74) is 4.66. The van der Waals surface area contributed by atoms with Crippen LogP contribution in [0.5, 0.6) is 5.75 Å². The number of carbonyl (C=O) groups excluding carboxylic acids is 1. The van der Waals surface area contributed by atoms with Crippen LogP contribution in [0.3, 0.4) is 0 Å². The van der Waals surface area contributed by atoms with Crippen molar-refractivity contribution >= 4 is 33.2 Å². The summed E-state index contributed by atoms with van der Waals surface area (Å²) >= 11 is 6.47. The largest absolute Gasteiger partial charge is 0.490 e. The molecule has 1 aliphatic heterocycles. The number of rotatable bonds is 11. The second kappa shape index (κ2) is 14.4. The van der Waals surface area contributed by atoms with Crippen LogP contribution < -0.4 is 14.4 Å². The molecule has 1 amide bonds. The van der Waals surface area contributed by atoms with Gasteiger partial charge in [-0.25, -0.2) is 13.1 Å². The Hall–Kier alpha value is -3.34. The number of carbonyl (C=O) groups is 1. The third kappa shape index (κ3) is 6.95. The van der Waals surface area contributed by atoms with Crippen LogP contribution in [0, 0.1) is 25.7 Å². The number of nitrogens with one attached hydrogen (secondary N) is 1. The molecular formula is C39H50ClN3O6S. The number of hydrogen-bond acceptors (Lipinski definition) is 8. The van der Waals surface area contributed by atoms with E-state index in [0.717, 1.165) is 66.3 Å². The van der Waals surface area contributed by atoms with E-state index in [-0.39, 0.29) is 22.8 Å². The molecule has 0 bridgehead atoms. The van der Waals surface area contributed by atoms with Crippen LogP contribution >= 0.6 is 11.6 Å². The lowest BCUT2D eigenvalue weighted by atomic mass is 9.62. The molecule has 0 radical (unpaired) electrons. The van der Waals surface area contributed by atoms with Crippen LogP contribution in [0.4, 0.5) is 5.69 Å². The highest BCUT2D eigenvalue weighted by atomic mass is 35.5. The zero-order valence-corrected chi connectivity index (χ0v) is 31.6. The third-order valence-corrected chi connectivity index (χ3v) is 13.3. The van der Waals surface area contributed by atoms with Crippen molar-refractivity contribution < 1.29 is 27.2 Å². The van der Waals surface area contributed by atoms with Gasteiger partial charge >= 0.3 is 0 Å². The van der Waals surface area contributed by atoms with Crippen LogP contribution in [0.1, 0.15) is 91.4 Å². The Morgan fingerprint density at radius 1 is 1.22 bits per heavy atom. The number of nitrogens with zero attached hydrogens (tertiary/aromatic N) is 2. The molecule has 50 heavy (non-hydrogen) atoms. The van der Waals surface area contributed by atoms with E-state index in [1.54, 1.807) is 39.2 Å². The zero-order valence-electron chi connectivity index (χ0n) is 30.1. The van der Waals surface area contributed by atoms with Crippen LogP contribution in [-0.4, -0.2) is 57.1 Å². The summed E-state index contributed by atoms with van der Waals surface area (Å²) in [6.45, 7) is 11.1. The van der Waals surface area contributed by atoms with Gasteiger partial charge in [0.2, 0.25) is 10.0 Å². The lowest BCUT2D eigenvalue weighted by molar-refractivity contribution is -0.0754. The lowest BCUT2D eigenvalue weighted by Crippen LogP contribution is -2.54. The highest BCUT2D eigenvalue weighted by Gasteiger charge is 2.49. The van der Waals surface area contributed by atoms with Crippen molar-refractivity contribution in [1.82, 2.24) is 9.88 Å². The number of benzene rings is 2. The lowest BCUT2D eigenvalue weighted by Gasteiger charge is -2.50. The van der Waals surface area contributed by atoms with E-state index in [0.29, 0.717) is 31.9 Å². The van der Waals surface area contributed by atoms with Gasteiger partial charge in [0.25, 0.3) is 5.91 Å². The Morgan fingerprint density at radius 2 is 2.02 bits per heavy atom. The fourth-order valence-corrected chi connectivity index (χ4v) is 8.89. The van der Waals surface area contributed by atoms with Gasteiger partial charge in [-0.05, 0) is 120 Å². The Morgan fingerprint density at radius 3 is 2.68 bits per heavy atom. The minimum atomic E-state index is -3.81. The number of fused-ring (bicyclic) bond motifs is 3. The molecular weight excluding hydrogens is 674 g/mol. The molecule has 1 saturated carbocycles. The van der Waals surface area contributed by atoms with E-state index in [4.69, 9.17) is 25.6 Å². The molecule has 1 N–H and O–H groups in total. The quantitative estimate of drug-likeness (QED) is 0.203. The molecule has 3 aliphatic rings. The Bertz CT molecular complexity index is 1870. The number of halogens is 1. The fraction of sp³-hybridized carbons (Fsp3) is 0.538. The summed E-state index contributed by atoms with van der Waals surface area (Å²) in [4.78, 5) is 15.7. The highest BCUT2D eigenvalue weighted by Crippen LogP contribution is 2.50. The minimum absolute atomic E-state index is 0.204. The first-order chi connectivity index (χ1) is 23.8. The van der Waals surface area contributed by atoms with Crippen LogP contribution in [0.15, 0.2) is 53.1 Å². The summed E-state index contributed by atoms with van der Waals surface area (Å²) in [5, 5.41) is 4.41. The van der Waals surface area contributed by atoms with E-state index in [1.165, 1.54) is 11.1 Å². The van der Waals surface area contributed by atoms with E-state index < -0.39 is 26.8 Å². The number of sulfonamides is 1. The Kier molecular flexibility index (Phi) is 10.5. The number of ether oxygens (including phenoxy) is 2. The Labute approximate surface area is 301 Å². The molecule has 270 valence electrons. The van der Waals surface area contributed by atoms with Gasteiger partial charge in [-0.1, -0.05) is 41.9 Å². The molecule has 11 heteroatoms. The summed E-state index contributed by atoms with van der Waals surface area (Å²) in [5.74, 6) is 1.31. The van der Waals surface area contributed by atoms with E-state index >= 15 is 0 Å². The first kappa shape index (κ1) is 36.5. The van der Waals surface area contributed by atoms with Crippen LogP contribution in [0.2, 0.25) is 5.02 Å². The van der Waals surface area contributed by atoms with Crippen molar-refractivity contribution in [3.8, 4) is 5.75 Å². The van der Waals surface area contributed by atoms with Crippen molar-refractivity contribution in [3.63, 3.8) is 0 Å². The summed E-state index contributed by atoms with van der Waals surface area (Å²) in [6.07, 6.45) is 10.9. The maximum absolute atomic E-state index is 13.3. The van der Waals surface area contributed by atoms with Gasteiger partial charge in [-0.2, -0.15) is 0 Å². The van der Waals surface area contributed by atoms with Crippen molar-refractivity contribution in [2.45, 2.75) is 95.8 Å². The molecule has 9 nitrogen and oxygen atoms in total. The van der Waals surface area contributed by atoms with Crippen LogP contribution in [-0.2, 0) is 33.0 Å². The summed E-state index contributed by atoms with van der Waals surface area (Å²) in [6, 6.07) is 11.5. The number of aryl methyl sites for hydroxylation is 2. The van der Waals surface area contributed by atoms with Crippen LogP contribution in [0.25, 0.3) is 0 Å². The molecule has 0 unspecified atom stereocenters. The SMILES string of the molecule is CC/C=C/[C@@](Cc1noc(C)c1C)(OC)[C@@H]1CC[C@H]1CN1C[C@@]2(CCCc3cc(Cl)ccc32)COc2ccc(C(=O)NS(=O)(=O)C(C)C)cc21. The highest BCUT2D eigenvalue weighted by molar-refractivity contribution is 7.90. The zero-order chi connectivity index (χ0) is 35.8. The van der Waals surface area contributed by atoms with Gasteiger partial charge in [0.15, 0.2) is 0 Å². The predicted molar refractivity (Wildman–Crippen MR) is 197 cm³/mol. The predicted octanol–water partition coefficient (Wildman–Crippen LogP) is 7.51. The summed E-state index contributed by atoms with van der Waals surface area (Å²) in [7, 11) is -2.02. The third-order valence-electron chi connectivity index (χ3n) is 11.4. The number of anilines is 1. The molecule has 1 fully saturated rings. The van der Waals surface area contributed by atoms with Crippen molar-refractivity contribution in [2.75, 3.05) is 31.7 Å². The second-order valence-electron chi connectivity index (χ2n) is 14.7. The smallest absolute Gasteiger partial charge is 0.264 e. The first-order valence-corrected chi connectivity index (χ1v) is 19.7. The van der Waals surface area contributed by atoms with Gasteiger partial charge in [-0.3, -0.25) is 4.79 Å². The van der Waals surface area contributed by atoms with Crippen molar-refractivity contribution in [3.05, 3.63) is 87.3 Å². The molecule has 1 aromatic heterocycles. The molecule has 6 rings (SSSR count). The van der Waals surface area contributed by atoms with E-state index in [9.17, 15) is 13.2 Å². The number of aromatic nitrogens is 1. The standard InChI is InChI=1S/C39H50ClN3O6S/c1-7-8-18-39(47-6,21-34-26(4)27(5)49-41-34)33-14-11-30(33)22-43-23-38(17-9-10-28-19-31(40)13-15-32(28)38)24-48-36-16-12-29(20-35(36)43)37(44)42-50(45,46)25(2)3/h8,12-13,15-16,18-20,25,30,33H,7,9-11,14,17,21-24H2,1-6H3,(H,42,44)/b18-8+/t30-,33+,38-,39-/m0/s1. The van der Waals surface area contributed by atoms with Gasteiger partial charge in [-0.15, -0.1) is 0 Å². The molecule has 1 spiro atoms. The van der Waals surface area contributed by atoms with Crippen molar-refractivity contribution in [2.24, 2.45) is 11.8 Å². The molecule has 2 aliphatic carbocycles. The van der Waals surface area contributed by atoms with Gasteiger partial charge in [0, 0.05) is 48.2 Å². The number of amides is 1. The van der Waals surface area contributed by atoms with Gasteiger partial charge in [0.1, 0.15) is 11.5 Å². The van der Waals surface area contributed by atoms with Crippen molar-refractivity contribution in [1.29, 1.82) is 0 Å². The van der Waals surface area contributed by atoms with Gasteiger partial charge < -0.3 is 18.9 Å². The maximum Gasteiger partial charge on any atom is 0.264 e. The second-order valence-corrected chi connectivity index (χ2v) is 17.4. The molecule has 4 atom stereocenters. The van der Waals surface area contributed by atoms with E-state index in [2.05, 4.69) is 46.0 Å². The fourth-order valence-electron chi connectivity index (χ4n) is 8.09. The molecule has 0 saturated heterocycles. The first-order valence-electron chi connectivity index (χ1n) is 17.8. The average molecular weight is 724 g/mol. The summed E-state index contributed by atoms with van der Waals surface area (Å²) < 4.78 is 46.2. The molecule has 2 heterocycles. The normalized spacial score (nSPS) is 23.2. The average Bonchev–Trinajstić information content (AvgIpc) is 3.29. The molecule has 2 aromatic carbocycles. The maximum atomic E-state index is 13.3. The van der Waals surface area contributed by atoms with Gasteiger partial charge in [0.05, 0.1) is 28.8 Å². The number of hydrogen-bond donors (Lipinski definition) is 1. The topological polar surface area (TPSA) is 111 Å². The number of allylic oxidation sites excluding steroid dienone is 1. The monoisotopic (exact) mass is 723 g/mol. The number of methoxy groups -OCH3 is 1. The minimum Gasteiger partial charge on any atom is -0.490 e. The Balaban J connectivity index is 1.39. The van der Waals surface area contributed by atoms with E-state index in [1.807, 2.05) is 19.9 Å².